The van der Waals surface area contributed by atoms with Crippen LogP contribution in [0.1, 0.15) is 19.9 Å². The molecule has 0 aliphatic rings. The second-order valence-electron chi connectivity index (χ2n) is 2.62. The molecule has 1 heterocycles. The summed E-state index contributed by atoms with van der Waals surface area (Å²) in [4.78, 5) is 14.2. The molecule has 4 nitrogen and oxygen atoms in total. The van der Waals surface area contributed by atoms with E-state index in [-0.39, 0.29) is 17.5 Å². The van der Waals surface area contributed by atoms with Crippen molar-refractivity contribution in [3.05, 3.63) is 22.6 Å². The third-order valence-electron chi connectivity index (χ3n) is 1.42. The van der Waals surface area contributed by atoms with Gasteiger partial charge in [-0.15, -0.1) is 0 Å². The second kappa shape index (κ2) is 2.74. The molecule has 1 aromatic rings. The van der Waals surface area contributed by atoms with E-state index in [2.05, 4.69) is 4.98 Å². The van der Waals surface area contributed by atoms with Gasteiger partial charge in [0, 0.05) is 18.3 Å². The summed E-state index contributed by atoms with van der Waals surface area (Å²) in [5.74, 6) is 0.271. The molecule has 0 fully saturated rings. The SMILES string of the molecule is CC(C)n1ccc(=O)nc1N. The van der Waals surface area contributed by atoms with Gasteiger partial charge in [0.1, 0.15) is 0 Å². The molecule has 0 aromatic carbocycles. The lowest BCUT2D eigenvalue weighted by Gasteiger charge is -2.11. The van der Waals surface area contributed by atoms with Crippen LogP contribution in [0.2, 0.25) is 0 Å². The van der Waals surface area contributed by atoms with Crippen LogP contribution in [-0.4, -0.2) is 9.55 Å². The van der Waals surface area contributed by atoms with Crippen molar-refractivity contribution in [1.29, 1.82) is 0 Å². The minimum absolute atomic E-state index is 0.239. The van der Waals surface area contributed by atoms with Crippen LogP contribution in [-0.2, 0) is 0 Å². The maximum absolute atomic E-state index is 10.7. The lowest BCUT2D eigenvalue weighted by Crippen LogP contribution is -2.16. The molecule has 11 heavy (non-hydrogen) atoms. The Bertz CT molecular complexity index is 303. The summed E-state index contributed by atoms with van der Waals surface area (Å²) in [5, 5.41) is 0. The number of anilines is 1. The van der Waals surface area contributed by atoms with Crippen molar-refractivity contribution in [2.75, 3.05) is 5.73 Å². The van der Waals surface area contributed by atoms with E-state index in [1.54, 1.807) is 10.8 Å². The van der Waals surface area contributed by atoms with E-state index in [1.165, 1.54) is 6.07 Å². The molecule has 0 bridgehead atoms. The van der Waals surface area contributed by atoms with Gasteiger partial charge < -0.3 is 10.3 Å². The highest BCUT2D eigenvalue weighted by Crippen LogP contribution is 2.05. The molecule has 0 spiro atoms. The minimum Gasteiger partial charge on any atom is -0.369 e. The van der Waals surface area contributed by atoms with Crippen LogP contribution in [0.3, 0.4) is 0 Å². The van der Waals surface area contributed by atoms with Crippen molar-refractivity contribution < 1.29 is 0 Å². The first kappa shape index (κ1) is 7.78. The number of rotatable bonds is 1. The predicted molar refractivity (Wildman–Crippen MR) is 43.3 cm³/mol. The van der Waals surface area contributed by atoms with Crippen molar-refractivity contribution in [3.63, 3.8) is 0 Å². The minimum atomic E-state index is -0.292. The highest BCUT2D eigenvalue weighted by Gasteiger charge is 2.00. The van der Waals surface area contributed by atoms with E-state index < -0.39 is 0 Å². The van der Waals surface area contributed by atoms with Gasteiger partial charge in [0.2, 0.25) is 5.95 Å². The van der Waals surface area contributed by atoms with Gasteiger partial charge in [-0.3, -0.25) is 4.79 Å². The van der Waals surface area contributed by atoms with Crippen LogP contribution in [0.25, 0.3) is 0 Å². The number of nitrogen functional groups attached to an aromatic ring is 1. The van der Waals surface area contributed by atoms with Crippen molar-refractivity contribution >= 4 is 5.95 Å². The van der Waals surface area contributed by atoms with Crippen LogP contribution in [0.15, 0.2) is 17.1 Å². The first-order valence-electron chi connectivity index (χ1n) is 3.46. The highest BCUT2D eigenvalue weighted by atomic mass is 16.1. The van der Waals surface area contributed by atoms with Crippen LogP contribution in [0.5, 0.6) is 0 Å². The molecule has 0 aliphatic heterocycles. The Kier molecular flexibility index (Phi) is 1.94. The molecule has 1 aromatic heterocycles. The van der Waals surface area contributed by atoms with Crippen molar-refractivity contribution in [2.24, 2.45) is 0 Å². The Morgan fingerprint density at radius 1 is 1.64 bits per heavy atom. The molecule has 0 atom stereocenters. The summed E-state index contributed by atoms with van der Waals surface area (Å²) in [7, 11) is 0. The largest absolute Gasteiger partial charge is 0.369 e. The van der Waals surface area contributed by atoms with Crippen molar-refractivity contribution in [3.8, 4) is 0 Å². The summed E-state index contributed by atoms with van der Waals surface area (Å²) in [6.45, 7) is 3.95. The monoisotopic (exact) mass is 153 g/mol. The average molecular weight is 153 g/mol. The second-order valence-corrected chi connectivity index (χ2v) is 2.62. The summed E-state index contributed by atoms with van der Waals surface area (Å²) in [6.07, 6.45) is 1.65. The molecule has 0 amide bonds. The summed E-state index contributed by atoms with van der Waals surface area (Å²) >= 11 is 0. The quantitative estimate of drug-likeness (QED) is 0.635. The molecule has 60 valence electrons. The topological polar surface area (TPSA) is 60.9 Å². The standard InChI is InChI=1S/C7H11N3O/c1-5(2)10-4-3-6(11)9-7(10)8/h3-5H,1-2H3,(H2,8,9,11). The van der Waals surface area contributed by atoms with E-state index in [1.807, 2.05) is 13.8 Å². The Hall–Kier alpha value is -1.32. The van der Waals surface area contributed by atoms with Crippen LogP contribution in [0, 0.1) is 0 Å². The van der Waals surface area contributed by atoms with Gasteiger partial charge in [0.25, 0.3) is 5.56 Å². The number of hydrogen-bond donors (Lipinski definition) is 1. The maximum atomic E-state index is 10.7. The van der Waals surface area contributed by atoms with Gasteiger partial charge in [-0.05, 0) is 13.8 Å². The lowest BCUT2D eigenvalue weighted by molar-refractivity contribution is 0.594. The molecular weight excluding hydrogens is 142 g/mol. The molecular formula is C7H11N3O. The van der Waals surface area contributed by atoms with Gasteiger partial charge in [-0.25, -0.2) is 0 Å². The fourth-order valence-corrected chi connectivity index (χ4v) is 0.865. The Morgan fingerprint density at radius 3 is 2.73 bits per heavy atom. The molecule has 4 heteroatoms. The fourth-order valence-electron chi connectivity index (χ4n) is 0.865. The number of nitrogens with zero attached hydrogens (tertiary/aromatic N) is 2. The molecule has 0 saturated heterocycles. The van der Waals surface area contributed by atoms with E-state index in [0.717, 1.165) is 0 Å². The Balaban J connectivity index is 3.20. The number of hydrogen-bond acceptors (Lipinski definition) is 3. The molecule has 0 saturated carbocycles. The molecule has 2 N–H and O–H groups in total. The lowest BCUT2D eigenvalue weighted by atomic mass is 10.4. The van der Waals surface area contributed by atoms with Crippen LogP contribution >= 0.6 is 0 Å². The van der Waals surface area contributed by atoms with Crippen molar-refractivity contribution in [1.82, 2.24) is 9.55 Å². The molecule has 0 radical (unpaired) electrons. The zero-order valence-electron chi connectivity index (χ0n) is 6.61. The number of nitrogens with two attached hydrogens (primary N) is 1. The van der Waals surface area contributed by atoms with E-state index in [4.69, 9.17) is 5.73 Å². The number of aromatic nitrogens is 2. The Labute approximate surface area is 64.7 Å². The normalized spacial score (nSPS) is 10.5. The summed E-state index contributed by atoms with van der Waals surface area (Å²) in [6, 6.07) is 1.64. The van der Waals surface area contributed by atoms with E-state index in [9.17, 15) is 4.79 Å². The summed E-state index contributed by atoms with van der Waals surface area (Å²) < 4.78 is 1.74. The molecule has 0 unspecified atom stereocenters. The third-order valence-corrected chi connectivity index (χ3v) is 1.42. The highest BCUT2D eigenvalue weighted by molar-refractivity contribution is 5.16. The van der Waals surface area contributed by atoms with E-state index in [0.29, 0.717) is 0 Å². The predicted octanol–water partition coefficient (Wildman–Crippen LogP) is 0.406. The zero-order valence-corrected chi connectivity index (χ0v) is 6.61. The van der Waals surface area contributed by atoms with Crippen LogP contribution in [0.4, 0.5) is 5.95 Å². The van der Waals surface area contributed by atoms with E-state index >= 15 is 0 Å². The third kappa shape index (κ3) is 1.58. The van der Waals surface area contributed by atoms with Gasteiger partial charge in [-0.2, -0.15) is 4.98 Å². The van der Waals surface area contributed by atoms with Crippen molar-refractivity contribution in [2.45, 2.75) is 19.9 Å². The first-order chi connectivity index (χ1) is 5.11. The average Bonchev–Trinajstić information content (AvgIpc) is 1.85. The van der Waals surface area contributed by atoms with Gasteiger partial charge in [-0.1, -0.05) is 0 Å². The van der Waals surface area contributed by atoms with Gasteiger partial charge in [0.15, 0.2) is 0 Å². The first-order valence-corrected chi connectivity index (χ1v) is 3.46. The molecule has 0 aliphatic carbocycles. The maximum Gasteiger partial charge on any atom is 0.274 e. The fraction of sp³-hybridized carbons (Fsp3) is 0.429. The van der Waals surface area contributed by atoms with Crippen LogP contribution < -0.4 is 11.3 Å². The molecule has 1 rings (SSSR count). The Morgan fingerprint density at radius 2 is 2.27 bits per heavy atom. The smallest absolute Gasteiger partial charge is 0.274 e. The summed E-state index contributed by atoms with van der Waals surface area (Å²) in [5.41, 5.74) is 5.18. The van der Waals surface area contributed by atoms with Gasteiger partial charge in [0.05, 0.1) is 0 Å². The zero-order chi connectivity index (χ0) is 8.43. The van der Waals surface area contributed by atoms with Gasteiger partial charge >= 0.3 is 0 Å².